The summed E-state index contributed by atoms with van der Waals surface area (Å²) in [4.78, 5) is 25.8. The predicted molar refractivity (Wildman–Crippen MR) is 93.7 cm³/mol. The van der Waals surface area contributed by atoms with E-state index >= 15 is 0 Å². The molecule has 2 rings (SSSR count). The van der Waals surface area contributed by atoms with Gasteiger partial charge in [0.1, 0.15) is 0 Å². The van der Waals surface area contributed by atoms with E-state index in [1.54, 1.807) is 6.20 Å². The van der Waals surface area contributed by atoms with Crippen molar-refractivity contribution in [1.29, 1.82) is 0 Å². The number of aromatic amines is 1. The second-order valence-corrected chi connectivity index (χ2v) is 6.39. The van der Waals surface area contributed by atoms with Gasteiger partial charge in [-0.2, -0.15) is 0 Å². The Morgan fingerprint density at radius 3 is 2.65 bits per heavy atom. The fraction of sp³-hybridized carbons (Fsp3) is 0.412. The average molecular weight is 381 g/mol. The molecule has 0 aliphatic carbocycles. The minimum Gasteiger partial charge on any atom is -0.481 e. The lowest BCUT2D eigenvalue weighted by atomic mass is 10.1. The summed E-state index contributed by atoms with van der Waals surface area (Å²) in [5.41, 5.74) is 1.58. The molecule has 1 heterocycles. The minimum atomic E-state index is -0.734. The predicted octanol–water partition coefficient (Wildman–Crippen LogP) is 4.09. The van der Waals surface area contributed by atoms with E-state index in [9.17, 15) is 9.59 Å². The Labute approximate surface area is 143 Å². The molecule has 0 unspecified atom stereocenters. The van der Waals surface area contributed by atoms with Gasteiger partial charge in [0.05, 0.1) is 5.56 Å². The second-order valence-electron chi connectivity index (χ2n) is 5.53. The maximum Gasteiger partial charge on any atom is 0.303 e. The number of carboxylic acid groups (broad SMARTS) is 1. The Balaban J connectivity index is 1.72. The molecule has 0 bridgehead atoms. The molecule has 0 saturated carbocycles. The van der Waals surface area contributed by atoms with Crippen molar-refractivity contribution in [3.05, 3.63) is 34.4 Å². The highest BCUT2D eigenvalue weighted by Crippen LogP contribution is 2.26. The maximum atomic E-state index is 12.3. The number of unbranched alkanes of at least 4 members (excludes halogenated alkanes) is 4. The Morgan fingerprint density at radius 1 is 1.13 bits per heavy atom. The number of carboxylic acids is 1. The summed E-state index contributed by atoms with van der Waals surface area (Å²) in [7, 11) is 0. The number of halogens is 1. The monoisotopic (exact) mass is 380 g/mol. The number of benzene rings is 1. The maximum absolute atomic E-state index is 12.3. The highest BCUT2D eigenvalue weighted by Gasteiger charge is 2.13. The van der Waals surface area contributed by atoms with Crippen molar-refractivity contribution >= 4 is 38.7 Å². The van der Waals surface area contributed by atoms with Crippen LogP contribution in [0.25, 0.3) is 10.9 Å². The van der Waals surface area contributed by atoms with Crippen LogP contribution in [0.15, 0.2) is 28.9 Å². The molecule has 124 valence electrons. The summed E-state index contributed by atoms with van der Waals surface area (Å²) < 4.78 is 0.903. The normalized spacial score (nSPS) is 10.8. The molecule has 0 saturated heterocycles. The largest absolute Gasteiger partial charge is 0.481 e. The van der Waals surface area contributed by atoms with Gasteiger partial charge in [-0.3, -0.25) is 9.59 Å². The summed E-state index contributed by atoms with van der Waals surface area (Å²) in [6.45, 7) is 0.634. The van der Waals surface area contributed by atoms with Crippen molar-refractivity contribution in [2.45, 2.75) is 38.5 Å². The summed E-state index contributed by atoms with van der Waals surface area (Å²) in [5.74, 6) is -0.809. The molecule has 3 N–H and O–H groups in total. The van der Waals surface area contributed by atoms with Crippen LogP contribution in [-0.4, -0.2) is 28.5 Å². The van der Waals surface area contributed by atoms with E-state index in [0.29, 0.717) is 12.1 Å². The van der Waals surface area contributed by atoms with E-state index in [0.717, 1.165) is 47.5 Å². The van der Waals surface area contributed by atoms with Crippen molar-refractivity contribution in [3.63, 3.8) is 0 Å². The van der Waals surface area contributed by atoms with Crippen molar-refractivity contribution in [3.8, 4) is 0 Å². The van der Waals surface area contributed by atoms with Crippen LogP contribution < -0.4 is 5.32 Å². The third kappa shape index (κ3) is 5.10. The topological polar surface area (TPSA) is 82.2 Å². The molecule has 0 radical (unpaired) electrons. The summed E-state index contributed by atoms with van der Waals surface area (Å²) in [5, 5.41) is 12.4. The number of aliphatic carboxylic acids is 1. The van der Waals surface area contributed by atoms with Crippen molar-refractivity contribution < 1.29 is 14.7 Å². The van der Waals surface area contributed by atoms with Gasteiger partial charge in [-0.1, -0.05) is 41.3 Å². The molecule has 1 amide bonds. The molecular formula is C17H21BrN2O3. The first kappa shape index (κ1) is 17.5. The van der Waals surface area contributed by atoms with Crippen LogP contribution in [0, 0.1) is 0 Å². The zero-order chi connectivity index (χ0) is 16.7. The molecule has 0 aliphatic rings. The Hall–Kier alpha value is -1.82. The van der Waals surface area contributed by atoms with E-state index in [2.05, 4.69) is 26.2 Å². The van der Waals surface area contributed by atoms with Gasteiger partial charge >= 0.3 is 5.97 Å². The van der Waals surface area contributed by atoms with Crippen LogP contribution in [0.3, 0.4) is 0 Å². The van der Waals surface area contributed by atoms with E-state index in [1.807, 2.05) is 18.2 Å². The molecule has 5 nitrogen and oxygen atoms in total. The summed E-state index contributed by atoms with van der Waals surface area (Å²) in [6, 6.07) is 5.78. The number of amides is 1. The zero-order valence-corrected chi connectivity index (χ0v) is 14.5. The Morgan fingerprint density at radius 2 is 1.87 bits per heavy atom. The van der Waals surface area contributed by atoms with E-state index in [4.69, 9.17) is 5.11 Å². The quantitative estimate of drug-likeness (QED) is 0.573. The third-order valence-corrected chi connectivity index (χ3v) is 4.41. The van der Waals surface area contributed by atoms with Gasteiger partial charge in [-0.05, 0) is 25.0 Å². The Bertz CT molecular complexity index is 682. The summed E-state index contributed by atoms with van der Waals surface area (Å²) >= 11 is 3.48. The number of aromatic nitrogens is 1. The highest BCUT2D eigenvalue weighted by atomic mass is 79.9. The molecule has 6 heteroatoms. The molecule has 0 fully saturated rings. The first-order valence-corrected chi connectivity index (χ1v) is 8.64. The van der Waals surface area contributed by atoms with Crippen LogP contribution >= 0.6 is 15.9 Å². The van der Waals surface area contributed by atoms with E-state index in [1.165, 1.54) is 0 Å². The van der Waals surface area contributed by atoms with Crippen molar-refractivity contribution in [1.82, 2.24) is 10.3 Å². The third-order valence-electron chi connectivity index (χ3n) is 3.75. The van der Waals surface area contributed by atoms with E-state index < -0.39 is 5.97 Å². The molecule has 1 aromatic carbocycles. The van der Waals surface area contributed by atoms with Gasteiger partial charge in [0, 0.05) is 34.5 Å². The van der Waals surface area contributed by atoms with Gasteiger partial charge in [0.2, 0.25) is 0 Å². The number of rotatable bonds is 9. The molecule has 1 aromatic heterocycles. The molecule has 0 atom stereocenters. The minimum absolute atomic E-state index is 0.0750. The highest BCUT2D eigenvalue weighted by molar-refractivity contribution is 9.10. The lowest BCUT2D eigenvalue weighted by Crippen LogP contribution is -2.24. The van der Waals surface area contributed by atoms with Crippen LogP contribution in [0.1, 0.15) is 48.9 Å². The van der Waals surface area contributed by atoms with Crippen LogP contribution in [0.4, 0.5) is 0 Å². The second kappa shape index (κ2) is 8.72. The van der Waals surface area contributed by atoms with Gasteiger partial charge < -0.3 is 15.4 Å². The van der Waals surface area contributed by atoms with E-state index in [-0.39, 0.29) is 12.3 Å². The Kier molecular flexibility index (Phi) is 6.65. The number of nitrogens with one attached hydrogen (secondary N) is 2. The average Bonchev–Trinajstić information content (AvgIpc) is 2.95. The number of hydrogen-bond acceptors (Lipinski definition) is 2. The van der Waals surface area contributed by atoms with Crippen LogP contribution in [0.5, 0.6) is 0 Å². The SMILES string of the molecule is O=C(O)CCCCCCCNC(=O)c1c[nH]c2cccc(Br)c12. The number of H-pyrrole nitrogens is 1. The first-order valence-electron chi connectivity index (χ1n) is 7.85. The van der Waals surface area contributed by atoms with Crippen LogP contribution in [-0.2, 0) is 4.79 Å². The zero-order valence-electron chi connectivity index (χ0n) is 12.9. The molecule has 0 spiro atoms. The fourth-order valence-electron chi connectivity index (χ4n) is 2.55. The molecule has 23 heavy (non-hydrogen) atoms. The fourth-order valence-corrected chi connectivity index (χ4v) is 3.13. The summed E-state index contributed by atoms with van der Waals surface area (Å²) in [6.07, 6.45) is 6.53. The number of carbonyl (C=O) groups is 2. The van der Waals surface area contributed by atoms with Crippen molar-refractivity contribution in [2.24, 2.45) is 0 Å². The van der Waals surface area contributed by atoms with Gasteiger partial charge in [-0.25, -0.2) is 0 Å². The number of carbonyl (C=O) groups excluding carboxylic acids is 1. The number of fused-ring (bicyclic) bond motifs is 1. The first-order chi connectivity index (χ1) is 11.1. The smallest absolute Gasteiger partial charge is 0.303 e. The number of hydrogen-bond donors (Lipinski definition) is 3. The van der Waals surface area contributed by atoms with Crippen molar-refractivity contribution in [2.75, 3.05) is 6.54 Å². The molecular weight excluding hydrogens is 360 g/mol. The lowest BCUT2D eigenvalue weighted by Gasteiger charge is -2.05. The lowest BCUT2D eigenvalue weighted by molar-refractivity contribution is -0.137. The van der Waals surface area contributed by atoms with Gasteiger partial charge in [0.15, 0.2) is 0 Å². The van der Waals surface area contributed by atoms with Gasteiger partial charge in [0.25, 0.3) is 5.91 Å². The van der Waals surface area contributed by atoms with Gasteiger partial charge in [-0.15, -0.1) is 0 Å². The molecule has 2 aromatic rings. The molecule has 0 aliphatic heterocycles. The standard InChI is InChI=1S/C17H21BrN2O3/c18-13-7-6-8-14-16(13)12(11-20-14)17(23)19-10-5-3-1-2-4-9-15(21)22/h6-8,11,20H,1-5,9-10H2,(H,19,23)(H,21,22). The van der Waals surface area contributed by atoms with Crippen LogP contribution in [0.2, 0.25) is 0 Å².